The van der Waals surface area contributed by atoms with E-state index in [1.54, 1.807) is 4.74 Å². The zero-order valence-corrected chi connectivity index (χ0v) is 11.5. The van der Waals surface area contributed by atoms with Crippen molar-refractivity contribution in [2.24, 2.45) is 0 Å². The van der Waals surface area contributed by atoms with Crippen molar-refractivity contribution in [3.05, 3.63) is 0 Å². The number of hydrogen-bond acceptors (Lipinski definition) is 5. The van der Waals surface area contributed by atoms with E-state index in [0.717, 1.165) is 0 Å². The largest absolute Gasteiger partial charge is 0.459 e. The zero-order chi connectivity index (χ0) is 20.7. The van der Waals surface area contributed by atoms with Crippen LogP contribution in [0.5, 0.6) is 0 Å². The first-order chi connectivity index (χ1) is 10.6. The Morgan fingerprint density at radius 2 is 1.24 bits per heavy atom. The first-order valence-electron chi connectivity index (χ1n) is 4.96. The van der Waals surface area contributed by atoms with Gasteiger partial charge < -0.3 is 4.74 Å². The molecule has 0 radical (unpaired) electrons. The fraction of sp³-hybridized carbons (Fsp3) is 0.857. The summed E-state index contributed by atoms with van der Waals surface area (Å²) in [6.45, 7) is 0. The second-order valence-corrected chi connectivity index (χ2v) is 5.19. The molecular weight excluding hydrogens is 424 g/mol. The summed E-state index contributed by atoms with van der Waals surface area (Å²) in [5.74, 6) is -16.9. The molecule has 0 N–H and O–H groups in total. The van der Waals surface area contributed by atoms with E-state index in [2.05, 4.69) is 4.74 Å². The van der Waals surface area contributed by atoms with Gasteiger partial charge in [0, 0.05) is 0 Å². The van der Waals surface area contributed by atoms with Crippen LogP contribution in [0.4, 0.5) is 52.2 Å². The van der Waals surface area contributed by atoms with Crippen molar-refractivity contribution < 1.29 is 74.9 Å². The number of ether oxygens (including phenoxy) is 2. The van der Waals surface area contributed by atoms with Crippen LogP contribution in [-0.2, 0) is 24.5 Å². The molecule has 0 spiro atoms. The van der Waals surface area contributed by atoms with Gasteiger partial charge in [0.15, 0.2) is 5.94 Å². The summed E-state index contributed by atoms with van der Waals surface area (Å²) >= 11 is 0. The van der Waals surface area contributed by atoms with Gasteiger partial charge in [-0.15, -0.1) is 3.89 Å². The quantitative estimate of drug-likeness (QED) is 0.463. The Kier molecular flexibility index (Phi) is 6.12. The second kappa shape index (κ2) is 6.45. The van der Waals surface area contributed by atoms with Gasteiger partial charge in [-0.25, -0.2) is 0 Å². The minimum Gasteiger partial charge on any atom is -0.313 e. The normalized spacial score (nSPS) is 19.2. The third-order valence-corrected chi connectivity index (χ3v) is 2.42. The molecule has 0 aliphatic rings. The first kappa shape index (κ1) is 23.7. The van der Waals surface area contributed by atoms with Gasteiger partial charge >= 0.3 is 46.4 Å². The minimum absolute atomic E-state index is 1.72. The molecule has 0 aromatic heterocycles. The SMILES string of the molecule is O=C(F)C(F)(OC(F)(F)C(F)(OCS(=O)(=O)F)C(F)(F)F)C(F)(F)F. The summed E-state index contributed by atoms with van der Waals surface area (Å²) < 4.78 is 174. The average Bonchev–Trinajstić information content (AvgIpc) is 2.30. The molecule has 5 nitrogen and oxygen atoms in total. The van der Waals surface area contributed by atoms with Crippen molar-refractivity contribution >= 4 is 16.3 Å². The maximum atomic E-state index is 13.4. The predicted octanol–water partition coefficient (Wildman–Crippen LogP) is 2.82. The summed E-state index contributed by atoms with van der Waals surface area (Å²) in [6.07, 6.45) is -21.5. The summed E-state index contributed by atoms with van der Waals surface area (Å²) in [5.41, 5.74) is 0. The molecule has 0 aromatic carbocycles. The molecule has 0 aromatic rings. The number of hydrogen-bond donors (Lipinski definition) is 0. The van der Waals surface area contributed by atoms with E-state index in [0.29, 0.717) is 0 Å². The van der Waals surface area contributed by atoms with Crippen molar-refractivity contribution in [2.75, 3.05) is 5.94 Å². The molecule has 0 saturated carbocycles. The minimum atomic E-state index is -7.22. The van der Waals surface area contributed by atoms with E-state index in [1.165, 1.54) is 0 Å². The maximum absolute atomic E-state index is 13.4. The topological polar surface area (TPSA) is 69.7 Å². The van der Waals surface area contributed by atoms with Crippen molar-refractivity contribution in [3.8, 4) is 0 Å². The molecule has 0 aliphatic heterocycles. The highest BCUT2D eigenvalue weighted by Crippen LogP contribution is 2.51. The van der Waals surface area contributed by atoms with Crippen LogP contribution >= 0.6 is 0 Å². The van der Waals surface area contributed by atoms with E-state index in [1.807, 2.05) is 0 Å². The molecule has 0 fully saturated rings. The lowest BCUT2D eigenvalue weighted by Crippen LogP contribution is -2.64. The van der Waals surface area contributed by atoms with Crippen molar-refractivity contribution in [1.29, 1.82) is 0 Å². The van der Waals surface area contributed by atoms with Crippen molar-refractivity contribution in [1.82, 2.24) is 0 Å². The monoisotopic (exact) mass is 426 g/mol. The van der Waals surface area contributed by atoms with Gasteiger partial charge in [-0.05, 0) is 0 Å². The third-order valence-electron chi connectivity index (χ3n) is 2.02. The lowest BCUT2D eigenvalue weighted by Gasteiger charge is -2.36. The van der Waals surface area contributed by atoms with Crippen molar-refractivity contribution in [2.45, 2.75) is 30.2 Å². The molecule has 0 heterocycles. The Bertz CT molecular complexity index is 610. The number of halogens is 12. The Hall–Kier alpha value is -1.30. The van der Waals surface area contributed by atoms with Gasteiger partial charge in [-0.1, -0.05) is 0 Å². The van der Waals surface area contributed by atoms with Crippen LogP contribution in [0.1, 0.15) is 0 Å². The maximum Gasteiger partial charge on any atom is 0.459 e. The Morgan fingerprint density at radius 1 is 0.840 bits per heavy atom. The average molecular weight is 426 g/mol. The van der Waals surface area contributed by atoms with E-state index >= 15 is 0 Å². The molecule has 2 unspecified atom stereocenters. The van der Waals surface area contributed by atoms with E-state index in [4.69, 9.17) is 0 Å². The molecule has 0 bridgehead atoms. The highest BCUT2D eigenvalue weighted by molar-refractivity contribution is 7.86. The summed E-state index contributed by atoms with van der Waals surface area (Å²) in [6, 6.07) is -4.46. The molecule has 0 saturated heterocycles. The third kappa shape index (κ3) is 4.87. The van der Waals surface area contributed by atoms with Crippen LogP contribution < -0.4 is 0 Å². The Morgan fingerprint density at radius 3 is 1.48 bits per heavy atom. The summed E-state index contributed by atoms with van der Waals surface area (Å²) in [7, 11) is -6.27. The number of carbonyl (C=O) groups is 1. The van der Waals surface area contributed by atoms with Crippen molar-refractivity contribution in [3.63, 3.8) is 0 Å². The van der Waals surface area contributed by atoms with Gasteiger partial charge in [-0.2, -0.15) is 56.7 Å². The van der Waals surface area contributed by atoms with Crippen LogP contribution in [0.3, 0.4) is 0 Å². The molecule has 0 aliphatic carbocycles. The highest BCUT2D eigenvalue weighted by Gasteiger charge is 2.80. The number of alkyl halides is 10. The highest BCUT2D eigenvalue weighted by atomic mass is 32.3. The zero-order valence-electron chi connectivity index (χ0n) is 10.7. The van der Waals surface area contributed by atoms with Gasteiger partial charge in [0.25, 0.3) is 0 Å². The predicted molar refractivity (Wildman–Crippen MR) is 47.9 cm³/mol. The Balaban J connectivity index is 6.13. The molecule has 150 valence electrons. The molecular formula is C7H2F12O5S. The number of carbonyl (C=O) groups excluding carboxylic acids is 1. The van der Waals surface area contributed by atoms with E-state index in [9.17, 15) is 65.4 Å². The Labute approximate surface area is 128 Å². The van der Waals surface area contributed by atoms with Gasteiger partial charge in [0.1, 0.15) is 0 Å². The molecule has 0 amide bonds. The summed E-state index contributed by atoms with van der Waals surface area (Å²) in [4.78, 5) is 9.86. The fourth-order valence-electron chi connectivity index (χ4n) is 0.934. The molecule has 2 atom stereocenters. The van der Waals surface area contributed by atoms with Gasteiger partial charge in [0.05, 0.1) is 0 Å². The van der Waals surface area contributed by atoms with Crippen LogP contribution in [0.25, 0.3) is 0 Å². The van der Waals surface area contributed by atoms with Crippen LogP contribution in [0.15, 0.2) is 0 Å². The first-order valence-corrected chi connectivity index (χ1v) is 6.51. The van der Waals surface area contributed by atoms with E-state index in [-0.39, 0.29) is 0 Å². The summed E-state index contributed by atoms with van der Waals surface area (Å²) in [5, 5.41) is 0. The van der Waals surface area contributed by atoms with Gasteiger partial charge in [-0.3, -0.25) is 9.53 Å². The van der Waals surface area contributed by atoms with E-state index < -0.39 is 52.4 Å². The van der Waals surface area contributed by atoms with Crippen LogP contribution in [0, 0.1) is 0 Å². The number of rotatable bonds is 7. The fourth-order valence-corrected chi connectivity index (χ4v) is 1.24. The lowest BCUT2D eigenvalue weighted by atomic mass is 10.2. The van der Waals surface area contributed by atoms with Crippen LogP contribution in [-0.4, -0.2) is 50.6 Å². The second-order valence-electron chi connectivity index (χ2n) is 3.88. The van der Waals surface area contributed by atoms with Crippen LogP contribution in [0.2, 0.25) is 0 Å². The lowest BCUT2D eigenvalue weighted by molar-refractivity contribution is -0.494. The van der Waals surface area contributed by atoms with Gasteiger partial charge in [0.2, 0.25) is 0 Å². The molecule has 18 heteroatoms. The standard InChI is InChI=1S/C7H2F12O5S/c8-2(20)3(9,5(11,12)13)24-7(17,18)4(10,6(14,15)16)23-1-25(19,21)22/h1H2. The molecule has 25 heavy (non-hydrogen) atoms. The molecule has 0 rings (SSSR count). The smallest absolute Gasteiger partial charge is 0.313 e.